The van der Waals surface area contributed by atoms with Crippen molar-refractivity contribution in [2.24, 2.45) is 0 Å². The molecule has 0 aliphatic carbocycles. The predicted octanol–water partition coefficient (Wildman–Crippen LogP) is 1.08. The second-order valence-electron chi connectivity index (χ2n) is 6.02. The summed E-state index contributed by atoms with van der Waals surface area (Å²) in [6, 6.07) is 6.99. The molecule has 2 saturated heterocycles. The molecule has 2 fully saturated rings. The summed E-state index contributed by atoms with van der Waals surface area (Å²) in [6.45, 7) is 0.724. The number of piperidine rings is 1. The second kappa shape index (κ2) is 5.68. The molecule has 21 heavy (non-hydrogen) atoms. The zero-order valence-electron chi connectivity index (χ0n) is 12.2. The third-order valence-corrected chi connectivity index (χ3v) is 6.54. The molecule has 2 bridgehead atoms. The molecule has 3 rings (SSSR count). The van der Waals surface area contributed by atoms with Gasteiger partial charge in [-0.05, 0) is 50.4 Å². The van der Waals surface area contributed by atoms with Crippen LogP contribution < -0.4 is 5.32 Å². The molecule has 1 aromatic rings. The van der Waals surface area contributed by atoms with Crippen LogP contribution in [0.2, 0.25) is 0 Å². The molecule has 2 aliphatic rings. The van der Waals surface area contributed by atoms with Crippen LogP contribution >= 0.6 is 0 Å². The first kappa shape index (κ1) is 15.0. The van der Waals surface area contributed by atoms with E-state index in [-0.39, 0.29) is 18.2 Å². The molecule has 0 amide bonds. The SMILES string of the molecule is CNCc1ccc(S(=O)(=O)N2C3CCC2CC(O)C3)cc1. The highest BCUT2D eigenvalue weighted by molar-refractivity contribution is 7.89. The summed E-state index contributed by atoms with van der Waals surface area (Å²) in [7, 11) is -1.59. The van der Waals surface area contributed by atoms with Crippen molar-refractivity contribution in [2.45, 2.75) is 55.3 Å². The summed E-state index contributed by atoms with van der Waals surface area (Å²) in [5.74, 6) is 0. The van der Waals surface area contributed by atoms with Gasteiger partial charge < -0.3 is 10.4 Å². The number of rotatable bonds is 4. The van der Waals surface area contributed by atoms with Gasteiger partial charge in [0, 0.05) is 18.6 Å². The standard InChI is InChI=1S/C15H22N2O3S/c1-16-10-11-2-6-15(7-3-11)21(19,20)17-12-4-5-13(17)9-14(18)8-12/h2-3,6-7,12-14,16,18H,4-5,8-10H2,1H3. The number of aliphatic hydroxyl groups is 1. The second-order valence-corrected chi connectivity index (χ2v) is 7.86. The average molecular weight is 310 g/mol. The summed E-state index contributed by atoms with van der Waals surface area (Å²) in [5.41, 5.74) is 1.06. The Morgan fingerprint density at radius 2 is 1.76 bits per heavy atom. The molecule has 2 atom stereocenters. The zero-order valence-corrected chi connectivity index (χ0v) is 13.0. The van der Waals surface area contributed by atoms with E-state index in [2.05, 4.69) is 5.32 Å². The lowest BCUT2D eigenvalue weighted by Gasteiger charge is -2.36. The number of sulfonamides is 1. The average Bonchev–Trinajstić information content (AvgIpc) is 2.73. The van der Waals surface area contributed by atoms with Crippen LogP contribution in [-0.2, 0) is 16.6 Å². The Balaban J connectivity index is 1.87. The van der Waals surface area contributed by atoms with Crippen molar-refractivity contribution in [3.63, 3.8) is 0 Å². The van der Waals surface area contributed by atoms with E-state index < -0.39 is 10.0 Å². The molecule has 116 valence electrons. The van der Waals surface area contributed by atoms with Gasteiger partial charge in [-0.15, -0.1) is 0 Å². The summed E-state index contributed by atoms with van der Waals surface area (Å²) < 4.78 is 27.4. The molecular weight excluding hydrogens is 288 g/mol. The Hall–Kier alpha value is -0.950. The first-order valence-corrected chi connectivity index (χ1v) is 8.91. The van der Waals surface area contributed by atoms with Crippen molar-refractivity contribution < 1.29 is 13.5 Å². The fourth-order valence-electron chi connectivity index (χ4n) is 3.60. The Morgan fingerprint density at radius 3 is 2.29 bits per heavy atom. The third-order valence-electron chi connectivity index (χ3n) is 4.52. The van der Waals surface area contributed by atoms with E-state index in [9.17, 15) is 13.5 Å². The normalized spacial score (nSPS) is 29.7. The highest BCUT2D eigenvalue weighted by Gasteiger charge is 2.46. The summed E-state index contributed by atoms with van der Waals surface area (Å²) in [4.78, 5) is 0.357. The van der Waals surface area contributed by atoms with Crippen molar-refractivity contribution in [2.75, 3.05) is 7.05 Å². The van der Waals surface area contributed by atoms with Crippen molar-refractivity contribution in [1.29, 1.82) is 0 Å². The summed E-state index contributed by atoms with van der Waals surface area (Å²) in [5, 5.41) is 12.9. The minimum atomic E-state index is -3.45. The number of nitrogens with one attached hydrogen (secondary N) is 1. The highest BCUT2D eigenvalue weighted by Crippen LogP contribution is 2.39. The monoisotopic (exact) mass is 310 g/mol. The van der Waals surface area contributed by atoms with Crippen molar-refractivity contribution in [3.05, 3.63) is 29.8 Å². The summed E-state index contributed by atoms with van der Waals surface area (Å²) >= 11 is 0. The fraction of sp³-hybridized carbons (Fsp3) is 0.600. The maximum Gasteiger partial charge on any atom is 0.243 e. The molecule has 0 saturated carbocycles. The Bertz CT molecular complexity index is 586. The minimum absolute atomic E-state index is 0.0410. The number of fused-ring (bicyclic) bond motifs is 2. The number of aliphatic hydroxyl groups excluding tert-OH is 1. The Labute approximate surface area is 126 Å². The number of hydrogen-bond acceptors (Lipinski definition) is 4. The molecule has 0 spiro atoms. The van der Waals surface area contributed by atoms with Crippen molar-refractivity contribution >= 4 is 10.0 Å². The number of hydrogen-bond donors (Lipinski definition) is 2. The lowest BCUT2D eigenvalue weighted by Crippen LogP contribution is -2.47. The van der Waals surface area contributed by atoms with Crippen LogP contribution in [0.5, 0.6) is 0 Å². The Kier molecular flexibility index (Phi) is 4.05. The van der Waals surface area contributed by atoms with Crippen LogP contribution in [0, 0.1) is 0 Å². The van der Waals surface area contributed by atoms with Gasteiger partial charge in [0.25, 0.3) is 0 Å². The van der Waals surface area contributed by atoms with Gasteiger partial charge >= 0.3 is 0 Å². The van der Waals surface area contributed by atoms with Crippen LogP contribution in [-0.4, -0.2) is 43.1 Å². The maximum atomic E-state index is 12.9. The van der Waals surface area contributed by atoms with Gasteiger partial charge in [0.05, 0.1) is 11.0 Å². The van der Waals surface area contributed by atoms with Crippen LogP contribution in [0.15, 0.2) is 29.2 Å². The van der Waals surface area contributed by atoms with E-state index in [4.69, 9.17) is 0 Å². The molecule has 6 heteroatoms. The lowest BCUT2D eigenvalue weighted by atomic mass is 10.0. The zero-order chi connectivity index (χ0) is 15.0. The van der Waals surface area contributed by atoms with E-state index in [1.165, 1.54) is 0 Å². The van der Waals surface area contributed by atoms with Crippen LogP contribution in [0.25, 0.3) is 0 Å². The molecular formula is C15H22N2O3S. The molecule has 5 nitrogen and oxygen atoms in total. The Morgan fingerprint density at radius 1 is 1.19 bits per heavy atom. The minimum Gasteiger partial charge on any atom is -0.393 e. The predicted molar refractivity (Wildman–Crippen MR) is 80.3 cm³/mol. The lowest BCUT2D eigenvalue weighted by molar-refractivity contribution is 0.0769. The van der Waals surface area contributed by atoms with Gasteiger partial charge in [0.1, 0.15) is 0 Å². The van der Waals surface area contributed by atoms with Crippen LogP contribution in [0.4, 0.5) is 0 Å². The van der Waals surface area contributed by atoms with Gasteiger partial charge in [-0.1, -0.05) is 12.1 Å². The number of benzene rings is 1. The van der Waals surface area contributed by atoms with E-state index in [0.717, 1.165) is 24.9 Å². The van der Waals surface area contributed by atoms with Gasteiger partial charge in [-0.3, -0.25) is 0 Å². The number of nitrogens with zero attached hydrogens (tertiary/aromatic N) is 1. The van der Waals surface area contributed by atoms with Crippen molar-refractivity contribution in [3.8, 4) is 0 Å². The topological polar surface area (TPSA) is 69.6 Å². The fourth-order valence-corrected chi connectivity index (χ4v) is 5.49. The molecule has 2 unspecified atom stereocenters. The molecule has 0 radical (unpaired) electrons. The van der Waals surface area contributed by atoms with Gasteiger partial charge in [-0.25, -0.2) is 8.42 Å². The van der Waals surface area contributed by atoms with E-state index in [1.807, 2.05) is 19.2 Å². The maximum absolute atomic E-state index is 12.9. The smallest absolute Gasteiger partial charge is 0.243 e. The van der Waals surface area contributed by atoms with E-state index in [0.29, 0.717) is 17.7 Å². The largest absolute Gasteiger partial charge is 0.393 e. The third kappa shape index (κ3) is 2.73. The highest BCUT2D eigenvalue weighted by atomic mass is 32.2. The molecule has 2 heterocycles. The van der Waals surface area contributed by atoms with Crippen LogP contribution in [0.1, 0.15) is 31.2 Å². The van der Waals surface area contributed by atoms with E-state index in [1.54, 1.807) is 16.4 Å². The van der Waals surface area contributed by atoms with Gasteiger partial charge in [-0.2, -0.15) is 4.31 Å². The quantitative estimate of drug-likeness (QED) is 0.873. The molecule has 2 aliphatic heterocycles. The molecule has 0 aromatic heterocycles. The van der Waals surface area contributed by atoms with Gasteiger partial charge in [0.2, 0.25) is 10.0 Å². The van der Waals surface area contributed by atoms with E-state index >= 15 is 0 Å². The van der Waals surface area contributed by atoms with Crippen LogP contribution in [0.3, 0.4) is 0 Å². The molecule has 2 N–H and O–H groups in total. The van der Waals surface area contributed by atoms with Gasteiger partial charge in [0.15, 0.2) is 0 Å². The summed E-state index contributed by atoms with van der Waals surface area (Å²) in [6.07, 6.45) is 2.49. The van der Waals surface area contributed by atoms with Crippen molar-refractivity contribution in [1.82, 2.24) is 9.62 Å². The first-order valence-electron chi connectivity index (χ1n) is 7.47. The molecule has 1 aromatic carbocycles. The first-order chi connectivity index (χ1) is 10.0.